The molecule has 0 aliphatic rings. The second-order valence-corrected chi connectivity index (χ2v) is 4.36. The van der Waals surface area contributed by atoms with E-state index in [0.717, 1.165) is 5.56 Å². The van der Waals surface area contributed by atoms with Crippen molar-refractivity contribution in [3.63, 3.8) is 0 Å². The van der Waals surface area contributed by atoms with E-state index >= 15 is 0 Å². The molecular weight excluding hydrogens is 259 g/mol. The minimum Gasteiger partial charge on any atom is -0.367 e. The maximum absolute atomic E-state index is 11.7. The molecule has 17 heavy (non-hydrogen) atoms. The van der Waals surface area contributed by atoms with Crippen molar-refractivity contribution in [3.8, 4) is 0 Å². The fourth-order valence-corrected chi connectivity index (χ4v) is 1.95. The molecular formula is C12H10Cl2N2O. The van der Waals surface area contributed by atoms with Crippen molar-refractivity contribution in [2.45, 2.75) is 6.42 Å². The zero-order valence-corrected chi connectivity index (χ0v) is 10.3. The summed E-state index contributed by atoms with van der Waals surface area (Å²) in [5, 5.41) is 3.56. The Kier molecular flexibility index (Phi) is 3.71. The summed E-state index contributed by atoms with van der Waals surface area (Å²) in [6.45, 7) is 0. The molecule has 2 rings (SSSR count). The number of rotatable bonds is 3. The minimum absolute atomic E-state index is 0.153. The highest BCUT2D eigenvalue weighted by Crippen LogP contribution is 2.29. The van der Waals surface area contributed by atoms with Gasteiger partial charge in [0.15, 0.2) is 0 Å². The number of carbonyl (C=O) groups excluding carboxylic acids is 1. The third kappa shape index (κ3) is 3.02. The third-order valence-electron chi connectivity index (χ3n) is 2.25. The summed E-state index contributed by atoms with van der Waals surface area (Å²) in [6, 6.07) is 6.93. The topological polar surface area (TPSA) is 44.9 Å². The molecule has 0 saturated carbocycles. The molecule has 1 aromatic carbocycles. The van der Waals surface area contributed by atoms with Crippen LogP contribution in [-0.4, -0.2) is 10.9 Å². The smallest absolute Gasteiger partial charge is 0.228 e. The molecule has 0 atom stereocenters. The van der Waals surface area contributed by atoms with Crippen LogP contribution in [0.25, 0.3) is 0 Å². The zero-order valence-electron chi connectivity index (χ0n) is 8.84. The first-order valence-corrected chi connectivity index (χ1v) is 5.78. The molecule has 2 aromatic rings. The fraction of sp³-hybridized carbons (Fsp3) is 0.0833. The zero-order chi connectivity index (χ0) is 12.3. The number of nitrogens with one attached hydrogen (secondary N) is 2. The van der Waals surface area contributed by atoms with Crippen LogP contribution in [0.4, 0.5) is 5.69 Å². The van der Waals surface area contributed by atoms with Crippen LogP contribution in [0.15, 0.2) is 36.7 Å². The van der Waals surface area contributed by atoms with Gasteiger partial charge in [-0.05, 0) is 23.8 Å². The predicted molar refractivity (Wildman–Crippen MR) is 69.6 cm³/mol. The molecule has 0 fully saturated rings. The summed E-state index contributed by atoms with van der Waals surface area (Å²) in [7, 11) is 0. The summed E-state index contributed by atoms with van der Waals surface area (Å²) in [4.78, 5) is 14.6. The molecule has 0 aliphatic heterocycles. The highest BCUT2D eigenvalue weighted by Gasteiger charge is 2.10. The minimum atomic E-state index is -0.153. The number of amides is 1. The van der Waals surface area contributed by atoms with Gasteiger partial charge in [-0.3, -0.25) is 4.79 Å². The van der Waals surface area contributed by atoms with Crippen LogP contribution in [0.3, 0.4) is 0 Å². The number of halogens is 2. The van der Waals surface area contributed by atoms with E-state index in [9.17, 15) is 4.79 Å². The Balaban J connectivity index is 2.08. The second-order valence-electron chi connectivity index (χ2n) is 3.54. The Labute approximate surface area is 109 Å². The lowest BCUT2D eigenvalue weighted by atomic mass is 10.2. The summed E-state index contributed by atoms with van der Waals surface area (Å²) in [5.41, 5.74) is 1.36. The van der Waals surface area contributed by atoms with Gasteiger partial charge < -0.3 is 10.3 Å². The van der Waals surface area contributed by atoms with E-state index in [4.69, 9.17) is 23.2 Å². The first-order chi connectivity index (χ1) is 8.16. The SMILES string of the molecule is O=C(Cc1cc[nH]c1)Nc1c(Cl)cccc1Cl. The van der Waals surface area contributed by atoms with Crippen LogP contribution in [-0.2, 0) is 11.2 Å². The number of hydrogen-bond donors (Lipinski definition) is 2. The molecule has 0 saturated heterocycles. The van der Waals surface area contributed by atoms with E-state index < -0.39 is 0 Å². The van der Waals surface area contributed by atoms with Gasteiger partial charge in [0.05, 0.1) is 22.2 Å². The Hall–Kier alpha value is -1.45. The van der Waals surface area contributed by atoms with Crippen LogP contribution in [0.5, 0.6) is 0 Å². The van der Waals surface area contributed by atoms with Crippen molar-refractivity contribution < 1.29 is 4.79 Å². The normalized spacial score (nSPS) is 10.2. The first-order valence-electron chi connectivity index (χ1n) is 5.02. The van der Waals surface area contributed by atoms with Gasteiger partial charge in [-0.1, -0.05) is 29.3 Å². The molecule has 0 unspecified atom stereocenters. The van der Waals surface area contributed by atoms with Gasteiger partial charge in [0, 0.05) is 12.4 Å². The van der Waals surface area contributed by atoms with E-state index in [2.05, 4.69) is 10.3 Å². The van der Waals surface area contributed by atoms with Gasteiger partial charge in [-0.25, -0.2) is 0 Å². The van der Waals surface area contributed by atoms with Gasteiger partial charge in [0.1, 0.15) is 0 Å². The predicted octanol–water partition coefficient (Wildman–Crippen LogP) is 3.50. The molecule has 0 bridgehead atoms. The number of benzene rings is 1. The quantitative estimate of drug-likeness (QED) is 0.880. The van der Waals surface area contributed by atoms with Crippen molar-refractivity contribution in [2.75, 3.05) is 5.32 Å². The highest BCUT2D eigenvalue weighted by molar-refractivity contribution is 6.39. The number of para-hydroxylation sites is 1. The molecule has 1 amide bonds. The Morgan fingerprint density at radius 3 is 2.53 bits per heavy atom. The molecule has 3 nitrogen and oxygen atoms in total. The lowest BCUT2D eigenvalue weighted by molar-refractivity contribution is -0.115. The van der Waals surface area contributed by atoms with E-state index in [-0.39, 0.29) is 12.3 Å². The Morgan fingerprint density at radius 1 is 1.24 bits per heavy atom. The van der Waals surface area contributed by atoms with Gasteiger partial charge in [0.2, 0.25) is 5.91 Å². The molecule has 1 aromatic heterocycles. The maximum Gasteiger partial charge on any atom is 0.228 e. The number of H-pyrrole nitrogens is 1. The standard InChI is InChI=1S/C12H10Cl2N2O/c13-9-2-1-3-10(14)12(9)16-11(17)6-8-4-5-15-7-8/h1-5,7,15H,6H2,(H,16,17). The Bertz CT molecular complexity index is 503. The number of aromatic amines is 1. The molecule has 0 spiro atoms. The van der Waals surface area contributed by atoms with Crippen LogP contribution in [0, 0.1) is 0 Å². The van der Waals surface area contributed by atoms with Crippen molar-refractivity contribution in [1.29, 1.82) is 0 Å². The number of hydrogen-bond acceptors (Lipinski definition) is 1. The van der Waals surface area contributed by atoms with Gasteiger partial charge in [0.25, 0.3) is 0 Å². The molecule has 2 N–H and O–H groups in total. The summed E-state index contributed by atoms with van der Waals surface area (Å²) in [5.74, 6) is -0.153. The average molecular weight is 269 g/mol. The second kappa shape index (κ2) is 5.25. The monoisotopic (exact) mass is 268 g/mol. The molecule has 88 valence electrons. The fourth-order valence-electron chi connectivity index (χ4n) is 1.45. The van der Waals surface area contributed by atoms with Crippen LogP contribution < -0.4 is 5.32 Å². The van der Waals surface area contributed by atoms with Gasteiger partial charge >= 0.3 is 0 Å². The lowest BCUT2D eigenvalue weighted by Gasteiger charge is -2.08. The van der Waals surface area contributed by atoms with Crippen molar-refractivity contribution >= 4 is 34.8 Å². The molecule has 0 aliphatic carbocycles. The van der Waals surface area contributed by atoms with E-state index in [1.165, 1.54) is 0 Å². The number of aromatic nitrogens is 1. The maximum atomic E-state index is 11.7. The van der Waals surface area contributed by atoms with Gasteiger partial charge in [-0.15, -0.1) is 0 Å². The number of carbonyl (C=O) groups is 1. The van der Waals surface area contributed by atoms with Crippen molar-refractivity contribution in [1.82, 2.24) is 4.98 Å². The summed E-state index contributed by atoms with van der Waals surface area (Å²) < 4.78 is 0. The largest absolute Gasteiger partial charge is 0.367 e. The molecule has 1 heterocycles. The third-order valence-corrected chi connectivity index (χ3v) is 2.88. The molecule has 5 heteroatoms. The molecule has 0 radical (unpaired) electrons. The number of anilines is 1. The van der Waals surface area contributed by atoms with E-state index in [1.54, 1.807) is 30.6 Å². The van der Waals surface area contributed by atoms with Crippen LogP contribution in [0.2, 0.25) is 10.0 Å². The van der Waals surface area contributed by atoms with Gasteiger partial charge in [-0.2, -0.15) is 0 Å². The van der Waals surface area contributed by atoms with Crippen molar-refractivity contribution in [3.05, 3.63) is 52.3 Å². The van der Waals surface area contributed by atoms with E-state index in [0.29, 0.717) is 15.7 Å². The Morgan fingerprint density at radius 2 is 1.94 bits per heavy atom. The lowest BCUT2D eigenvalue weighted by Crippen LogP contribution is -2.14. The summed E-state index contributed by atoms with van der Waals surface area (Å²) in [6.07, 6.45) is 3.82. The van der Waals surface area contributed by atoms with E-state index in [1.807, 2.05) is 6.07 Å². The van der Waals surface area contributed by atoms with Crippen molar-refractivity contribution in [2.24, 2.45) is 0 Å². The first kappa shape index (κ1) is 12.0. The average Bonchev–Trinajstić information content (AvgIpc) is 2.76. The highest BCUT2D eigenvalue weighted by atomic mass is 35.5. The van der Waals surface area contributed by atoms with Crippen LogP contribution >= 0.6 is 23.2 Å². The van der Waals surface area contributed by atoms with Crippen LogP contribution in [0.1, 0.15) is 5.56 Å². The summed E-state index contributed by atoms with van der Waals surface area (Å²) >= 11 is 11.9.